The fourth-order valence-electron chi connectivity index (χ4n) is 1.96. The summed E-state index contributed by atoms with van der Waals surface area (Å²) in [7, 11) is 1.71. The van der Waals surface area contributed by atoms with Gasteiger partial charge in [0.15, 0.2) is 0 Å². The van der Waals surface area contributed by atoms with E-state index < -0.39 is 0 Å². The van der Waals surface area contributed by atoms with Gasteiger partial charge in [-0.1, -0.05) is 0 Å². The zero-order valence-electron chi connectivity index (χ0n) is 12.6. The quantitative estimate of drug-likeness (QED) is 0.794. The molecule has 0 saturated carbocycles. The van der Waals surface area contributed by atoms with Gasteiger partial charge in [-0.2, -0.15) is 5.10 Å². The van der Waals surface area contributed by atoms with Crippen LogP contribution >= 0.6 is 11.3 Å². The molecule has 0 radical (unpaired) electrons. The van der Waals surface area contributed by atoms with Crippen LogP contribution in [0.1, 0.15) is 26.8 Å². The Morgan fingerprint density at radius 2 is 2.10 bits per heavy atom. The molecule has 0 atom stereocenters. The van der Waals surface area contributed by atoms with Crippen molar-refractivity contribution in [3.8, 4) is 0 Å². The van der Waals surface area contributed by atoms with E-state index in [-0.39, 0.29) is 0 Å². The van der Waals surface area contributed by atoms with E-state index in [9.17, 15) is 0 Å². The summed E-state index contributed by atoms with van der Waals surface area (Å²) >= 11 is 1.74. The lowest BCUT2D eigenvalue weighted by molar-refractivity contribution is 0.199. The second-order valence-electron chi connectivity index (χ2n) is 4.86. The Bertz CT molecular complexity index is 542. The number of thiazole rings is 1. The molecule has 2 aromatic rings. The molecule has 2 heterocycles. The van der Waals surface area contributed by atoms with E-state index in [2.05, 4.69) is 35.4 Å². The van der Waals surface area contributed by atoms with Gasteiger partial charge in [-0.3, -0.25) is 4.68 Å². The molecule has 0 fully saturated rings. The van der Waals surface area contributed by atoms with E-state index in [0.717, 1.165) is 42.6 Å². The second kappa shape index (κ2) is 6.97. The van der Waals surface area contributed by atoms with E-state index >= 15 is 0 Å². The molecule has 0 aromatic carbocycles. The van der Waals surface area contributed by atoms with Crippen LogP contribution in [0.2, 0.25) is 0 Å². The monoisotopic (exact) mass is 294 g/mol. The lowest BCUT2D eigenvalue weighted by atomic mass is 10.2. The van der Waals surface area contributed by atoms with Crippen LogP contribution in [-0.2, 0) is 17.8 Å². The van der Waals surface area contributed by atoms with E-state index in [1.54, 1.807) is 18.4 Å². The standard InChI is InChI=1S/C14H22N4OS/c1-10-12(3)20-14(16-10)9-18-8-13(11(2)17-18)7-15-5-6-19-4/h8,15H,5-7,9H2,1-4H3. The van der Waals surface area contributed by atoms with Gasteiger partial charge in [0.2, 0.25) is 0 Å². The molecule has 2 rings (SSSR count). The number of aromatic nitrogens is 3. The van der Waals surface area contributed by atoms with E-state index in [0.29, 0.717) is 0 Å². The number of aryl methyl sites for hydroxylation is 3. The third kappa shape index (κ3) is 3.88. The summed E-state index contributed by atoms with van der Waals surface area (Å²) in [6.07, 6.45) is 2.10. The Hall–Kier alpha value is -1.24. The minimum Gasteiger partial charge on any atom is -0.383 e. The van der Waals surface area contributed by atoms with Crippen molar-refractivity contribution in [2.75, 3.05) is 20.3 Å². The van der Waals surface area contributed by atoms with Gasteiger partial charge in [-0.15, -0.1) is 11.3 Å². The molecule has 20 heavy (non-hydrogen) atoms. The molecular weight excluding hydrogens is 272 g/mol. The highest BCUT2D eigenvalue weighted by molar-refractivity contribution is 7.11. The molecular formula is C14H22N4OS. The predicted octanol–water partition coefficient (Wildman–Crippen LogP) is 2.05. The predicted molar refractivity (Wildman–Crippen MR) is 81.2 cm³/mol. The van der Waals surface area contributed by atoms with Gasteiger partial charge in [0, 0.05) is 36.8 Å². The van der Waals surface area contributed by atoms with Gasteiger partial charge in [0.05, 0.1) is 24.5 Å². The maximum absolute atomic E-state index is 5.02. The van der Waals surface area contributed by atoms with Crippen molar-refractivity contribution in [2.24, 2.45) is 0 Å². The lowest BCUT2D eigenvalue weighted by Crippen LogP contribution is -2.18. The zero-order valence-corrected chi connectivity index (χ0v) is 13.4. The van der Waals surface area contributed by atoms with Crippen molar-refractivity contribution in [2.45, 2.75) is 33.9 Å². The number of methoxy groups -OCH3 is 1. The van der Waals surface area contributed by atoms with Crippen LogP contribution in [0.15, 0.2) is 6.20 Å². The molecule has 2 aromatic heterocycles. The largest absolute Gasteiger partial charge is 0.383 e. The first-order chi connectivity index (χ1) is 9.60. The smallest absolute Gasteiger partial charge is 0.115 e. The van der Waals surface area contributed by atoms with Gasteiger partial charge >= 0.3 is 0 Å². The fraction of sp³-hybridized carbons (Fsp3) is 0.571. The first-order valence-corrected chi connectivity index (χ1v) is 7.57. The summed E-state index contributed by atoms with van der Waals surface area (Å²) in [6.45, 7) is 9.35. The van der Waals surface area contributed by atoms with E-state index in [1.807, 2.05) is 11.6 Å². The average molecular weight is 294 g/mol. The third-order valence-corrected chi connectivity index (χ3v) is 4.27. The normalized spacial score (nSPS) is 11.2. The molecule has 6 heteroatoms. The van der Waals surface area contributed by atoms with Crippen LogP contribution in [0.4, 0.5) is 0 Å². The number of rotatable bonds is 7. The van der Waals surface area contributed by atoms with Crippen molar-refractivity contribution < 1.29 is 4.74 Å². The van der Waals surface area contributed by atoms with Crippen molar-refractivity contribution in [3.05, 3.63) is 33.0 Å². The van der Waals surface area contributed by atoms with Crippen molar-refractivity contribution in [3.63, 3.8) is 0 Å². The average Bonchev–Trinajstić information content (AvgIpc) is 2.89. The summed E-state index contributed by atoms with van der Waals surface area (Å²) in [6, 6.07) is 0. The number of hydrogen-bond donors (Lipinski definition) is 1. The summed E-state index contributed by atoms with van der Waals surface area (Å²) in [5, 5.41) is 9.01. The topological polar surface area (TPSA) is 52.0 Å². The summed E-state index contributed by atoms with van der Waals surface area (Å²) < 4.78 is 6.99. The SMILES string of the molecule is COCCNCc1cn(Cc2nc(C)c(C)s2)nc1C. The number of hydrogen-bond acceptors (Lipinski definition) is 5. The number of nitrogens with one attached hydrogen (secondary N) is 1. The van der Waals surface area contributed by atoms with Gasteiger partial charge in [-0.25, -0.2) is 4.98 Å². The molecule has 0 aliphatic heterocycles. The van der Waals surface area contributed by atoms with E-state index in [4.69, 9.17) is 4.74 Å². The minimum atomic E-state index is 0.727. The van der Waals surface area contributed by atoms with Gasteiger partial charge < -0.3 is 10.1 Å². The third-order valence-electron chi connectivity index (χ3n) is 3.22. The second-order valence-corrected chi connectivity index (χ2v) is 6.14. The van der Waals surface area contributed by atoms with Crippen LogP contribution in [-0.4, -0.2) is 35.0 Å². The van der Waals surface area contributed by atoms with Crippen LogP contribution < -0.4 is 5.32 Å². The highest BCUT2D eigenvalue weighted by Gasteiger charge is 2.08. The zero-order chi connectivity index (χ0) is 14.5. The molecule has 0 saturated heterocycles. The maximum atomic E-state index is 5.02. The molecule has 5 nitrogen and oxygen atoms in total. The molecule has 0 amide bonds. The molecule has 0 bridgehead atoms. The molecule has 0 spiro atoms. The minimum absolute atomic E-state index is 0.727. The Kier molecular flexibility index (Phi) is 5.28. The van der Waals surface area contributed by atoms with E-state index in [1.165, 1.54) is 10.4 Å². The summed E-state index contributed by atoms with van der Waals surface area (Å²) in [5.74, 6) is 0. The summed E-state index contributed by atoms with van der Waals surface area (Å²) in [5.41, 5.74) is 3.42. The highest BCUT2D eigenvalue weighted by Crippen LogP contribution is 2.17. The fourth-order valence-corrected chi connectivity index (χ4v) is 2.88. The van der Waals surface area contributed by atoms with Gasteiger partial charge in [0.1, 0.15) is 5.01 Å². The molecule has 0 aliphatic rings. The highest BCUT2D eigenvalue weighted by atomic mass is 32.1. The lowest BCUT2D eigenvalue weighted by Gasteiger charge is -2.02. The Balaban J connectivity index is 1.96. The van der Waals surface area contributed by atoms with Crippen LogP contribution in [0.5, 0.6) is 0 Å². The number of ether oxygens (including phenoxy) is 1. The van der Waals surface area contributed by atoms with Crippen molar-refractivity contribution in [1.29, 1.82) is 0 Å². The first-order valence-electron chi connectivity index (χ1n) is 6.75. The van der Waals surface area contributed by atoms with Gasteiger partial charge in [0.25, 0.3) is 0 Å². The molecule has 0 unspecified atom stereocenters. The van der Waals surface area contributed by atoms with Crippen molar-refractivity contribution >= 4 is 11.3 Å². The Labute approximate surface area is 124 Å². The molecule has 110 valence electrons. The Morgan fingerprint density at radius 1 is 1.30 bits per heavy atom. The Morgan fingerprint density at radius 3 is 2.75 bits per heavy atom. The van der Waals surface area contributed by atoms with Crippen LogP contribution in [0.3, 0.4) is 0 Å². The van der Waals surface area contributed by atoms with Crippen LogP contribution in [0, 0.1) is 20.8 Å². The van der Waals surface area contributed by atoms with Crippen LogP contribution in [0.25, 0.3) is 0 Å². The first kappa shape index (κ1) is 15.2. The molecule has 0 aliphatic carbocycles. The number of nitrogens with zero attached hydrogens (tertiary/aromatic N) is 3. The molecule has 1 N–H and O–H groups in total. The summed E-state index contributed by atoms with van der Waals surface area (Å²) in [4.78, 5) is 5.84. The van der Waals surface area contributed by atoms with Gasteiger partial charge in [-0.05, 0) is 20.8 Å². The maximum Gasteiger partial charge on any atom is 0.115 e. The van der Waals surface area contributed by atoms with Crippen molar-refractivity contribution in [1.82, 2.24) is 20.1 Å².